The average Bonchev–Trinajstić information content (AvgIpc) is 0.859. The van der Waals surface area contributed by atoms with E-state index < -0.39 is 70.9 Å². The molecule has 2 amide bonds. The number of carbonyl (C=O) groups excluding carboxylic acids is 3. The van der Waals surface area contributed by atoms with Gasteiger partial charge in [0.25, 0.3) is 5.91 Å². The Kier molecular flexibility index (Phi) is 28.8. The van der Waals surface area contributed by atoms with Gasteiger partial charge >= 0.3 is 42.2 Å². The van der Waals surface area contributed by atoms with E-state index in [0.717, 1.165) is 35.5 Å². The molecule has 8 aromatic carbocycles. The predicted molar refractivity (Wildman–Crippen MR) is 351 cm³/mol. The summed E-state index contributed by atoms with van der Waals surface area (Å²) in [6.07, 6.45) is -4.63. The second-order valence-electron chi connectivity index (χ2n) is 19.5. The van der Waals surface area contributed by atoms with E-state index in [1.807, 2.05) is 30.3 Å². The van der Waals surface area contributed by atoms with Crippen molar-refractivity contribution in [2.24, 2.45) is 0 Å². The summed E-state index contributed by atoms with van der Waals surface area (Å²) in [5, 5.41) is 58.1. The Labute approximate surface area is 554 Å². The molecule has 0 radical (unpaired) electrons. The Balaban J connectivity index is 0.000000222. The summed E-state index contributed by atoms with van der Waals surface area (Å²) in [5.74, 6) is -6.53. The van der Waals surface area contributed by atoms with Crippen LogP contribution in [0.3, 0.4) is 0 Å². The van der Waals surface area contributed by atoms with Crippen LogP contribution in [-0.2, 0) is 31.5 Å². The molecular weight excluding hydrogens is 1290 g/mol. The molecule has 1 aromatic heterocycles. The lowest BCUT2D eigenvalue weighted by atomic mass is 10.1. The summed E-state index contributed by atoms with van der Waals surface area (Å²) in [7, 11) is 3.07. The fraction of sp³-hybridized carbons (Fsp3) is 0.100. The molecule has 10 N–H and O–H groups in total. The summed E-state index contributed by atoms with van der Waals surface area (Å²) in [6.45, 7) is 1.70. The third-order valence-corrected chi connectivity index (χ3v) is 12.7. The first kappa shape index (κ1) is 75.9. The summed E-state index contributed by atoms with van der Waals surface area (Å²) in [6, 6.07) is 51.4. The SMILES string of the molecule is CCOCC(=O)C(=O)Nc1ccccc1C(=O)O.COc1ccc(/C=C/C(=O)Nc2ccccc2C(=O)O)cc1OC.O=C(O)c1ccccc1Nc1cccc(C(F)(F)F)c1.O=C(O)c1ccccc1Nc1ccccc1.O=C(O)c1cccnc1Nc1cccc(C(F)(F)F)c1. The topological polar surface area (TPSA) is 338 Å². The highest BCUT2D eigenvalue weighted by atomic mass is 19.4. The fourth-order valence-corrected chi connectivity index (χ4v) is 8.06. The Morgan fingerprint density at radius 1 is 0.439 bits per heavy atom. The van der Waals surface area contributed by atoms with E-state index in [4.69, 9.17) is 39.7 Å². The maximum atomic E-state index is 12.6. The molecule has 0 fully saturated rings. The fourth-order valence-electron chi connectivity index (χ4n) is 8.06. The molecule has 9 aromatic rings. The third-order valence-electron chi connectivity index (χ3n) is 12.7. The molecule has 0 saturated carbocycles. The molecule has 22 nitrogen and oxygen atoms in total. The minimum Gasteiger partial charge on any atom is -0.493 e. The molecule has 28 heteroatoms. The number of benzene rings is 8. The van der Waals surface area contributed by atoms with E-state index in [2.05, 4.69) is 31.6 Å². The van der Waals surface area contributed by atoms with Gasteiger partial charge in [0.15, 0.2) is 11.5 Å². The molecule has 0 atom stereocenters. The molecule has 0 bridgehead atoms. The molecule has 0 unspecified atom stereocenters. The van der Waals surface area contributed by atoms with Gasteiger partial charge in [-0.05, 0) is 140 Å². The first-order chi connectivity index (χ1) is 46.6. The van der Waals surface area contributed by atoms with Crippen molar-refractivity contribution >= 4 is 99.1 Å². The third kappa shape index (κ3) is 24.2. The number of carboxylic acid groups (broad SMARTS) is 5. The number of amides is 2. The Hall–Kier alpha value is -12.9. The molecule has 9 rings (SSSR count). The van der Waals surface area contributed by atoms with Gasteiger partial charge in [0.2, 0.25) is 11.7 Å². The van der Waals surface area contributed by atoms with Gasteiger partial charge in [0.1, 0.15) is 18.0 Å². The molecule has 0 aliphatic rings. The van der Waals surface area contributed by atoms with Crippen LogP contribution in [0, 0.1) is 0 Å². The Bertz CT molecular complexity index is 4170. The normalized spacial score (nSPS) is 10.5. The second-order valence-corrected chi connectivity index (χ2v) is 19.5. The number of Topliss-reactive ketones (excluding diaryl/α,β-unsaturated/α-hetero) is 1. The van der Waals surface area contributed by atoms with Crippen LogP contribution in [-0.4, -0.2) is 105 Å². The number of anilines is 8. The lowest BCUT2D eigenvalue weighted by Crippen LogP contribution is -2.27. The van der Waals surface area contributed by atoms with E-state index in [0.29, 0.717) is 23.8 Å². The van der Waals surface area contributed by atoms with E-state index in [9.17, 15) is 64.7 Å². The van der Waals surface area contributed by atoms with Crippen molar-refractivity contribution in [1.29, 1.82) is 0 Å². The number of carboxylic acids is 5. The number of para-hydroxylation sites is 5. The van der Waals surface area contributed by atoms with E-state index in [-0.39, 0.29) is 68.7 Å². The van der Waals surface area contributed by atoms with Crippen molar-refractivity contribution in [3.05, 3.63) is 263 Å². The largest absolute Gasteiger partial charge is 0.493 e. The van der Waals surface area contributed by atoms with Crippen LogP contribution < -0.4 is 36.1 Å². The summed E-state index contributed by atoms with van der Waals surface area (Å²) < 4.78 is 90.7. The number of hydrogen-bond donors (Lipinski definition) is 10. The molecule has 0 aliphatic carbocycles. The van der Waals surface area contributed by atoms with Crippen molar-refractivity contribution in [2.45, 2.75) is 19.3 Å². The molecule has 1 heterocycles. The van der Waals surface area contributed by atoms with Crippen LogP contribution in [0.4, 0.5) is 72.0 Å². The molecule has 0 aliphatic heterocycles. The maximum absolute atomic E-state index is 12.6. The van der Waals surface area contributed by atoms with Gasteiger partial charge in [-0.1, -0.05) is 84.9 Å². The number of carbonyl (C=O) groups is 8. The molecule has 0 spiro atoms. The highest BCUT2D eigenvalue weighted by molar-refractivity contribution is 6.41. The number of methoxy groups -OCH3 is 2. The number of ketones is 1. The molecule has 0 saturated heterocycles. The van der Waals surface area contributed by atoms with Crippen LogP contribution in [0.25, 0.3) is 6.08 Å². The number of pyridine rings is 1. The van der Waals surface area contributed by atoms with Gasteiger partial charge in [-0.2, -0.15) is 26.3 Å². The Morgan fingerprint density at radius 3 is 1.31 bits per heavy atom. The van der Waals surface area contributed by atoms with Crippen LogP contribution in [0.1, 0.15) is 75.4 Å². The molecular formula is C70H60F6N6O16. The quantitative estimate of drug-likeness (QED) is 0.0181. The monoisotopic (exact) mass is 1350 g/mol. The van der Waals surface area contributed by atoms with Gasteiger partial charge in [-0.25, -0.2) is 29.0 Å². The average molecular weight is 1360 g/mol. The van der Waals surface area contributed by atoms with Gasteiger partial charge < -0.3 is 66.3 Å². The number of nitrogens with one attached hydrogen (secondary N) is 5. The first-order valence-corrected chi connectivity index (χ1v) is 28.4. The highest BCUT2D eigenvalue weighted by Crippen LogP contribution is 2.34. The summed E-state index contributed by atoms with van der Waals surface area (Å²) in [4.78, 5) is 93.5. The van der Waals surface area contributed by atoms with Crippen LogP contribution in [0.15, 0.2) is 219 Å². The summed E-state index contributed by atoms with van der Waals surface area (Å²) >= 11 is 0. The smallest absolute Gasteiger partial charge is 0.416 e. The van der Waals surface area contributed by atoms with Crippen molar-refractivity contribution in [2.75, 3.05) is 54.0 Å². The highest BCUT2D eigenvalue weighted by Gasteiger charge is 2.31. The van der Waals surface area contributed by atoms with E-state index in [1.54, 1.807) is 92.9 Å². The number of hydrogen-bond acceptors (Lipinski definition) is 15. The minimum atomic E-state index is -4.46. The summed E-state index contributed by atoms with van der Waals surface area (Å²) in [5.41, 5.74) is 1.54. The number of ether oxygens (including phenoxy) is 3. The van der Waals surface area contributed by atoms with Crippen LogP contribution in [0.2, 0.25) is 0 Å². The van der Waals surface area contributed by atoms with Gasteiger partial charge in [-0.15, -0.1) is 0 Å². The molecule has 508 valence electrons. The zero-order chi connectivity index (χ0) is 72.0. The van der Waals surface area contributed by atoms with Crippen molar-refractivity contribution in [1.82, 2.24) is 4.98 Å². The van der Waals surface area contributed by atoms with Crippen molar-refractivity contribution in [3.63, 3.8) is 0 Å². The predicted octanol–water partition coefficient (Wildman–Crippen LogP) is 14.8. The van der Waals surface area contributed by atoms with Gasteiger partial charge in [0.05, 0.1) is 70.3 Å². The first-order valence-electron chi connectivity index (χ1n) is 28.4. The van der Waals surface area contributed by atoms with Crippen molar-refractivity contribution < 1.29 is 104 Å². The zero-order valence-electron chi connectivity index (χ0n) is 51.7. The van der Waals surface area contributed by atoms with Crippen LogP contribution in [0.5, 0.6) is 11.5 Å². The lowest BCUT2D eigenvalue weighted by molar-refractivity contribution is -0.138. The number of aromatic carboxylic acids is 5. The number of nitrogens with zero attached hydrogens (tertiary/aromatic N) is 1. The van der Waals surface area contributed by atoms with Gasteiger partial charge in [0, 0.05) is 35.9 Å². The molecule has 98 heavy (non-hydrogen) atoms. The van der Waals surface area contributed by atoms with Crippen molar-refractivity contribution in [3.8, 4) is 11.5 Å². The number of rotatable bonds is 21. The van der Waals surface area contributed by atoms with E-state index >= 15 is 0 Å². The lowest BCUT2D eigenvalue weighted by Gasteiger charge is -2.12. The van der Waals surface area contributed by atoms with Crippen LogP contribution >= 0.6 is 0 Å². The number of aromatic nitrogens is 1. The maximum Gasteiger partial charge on any atom is 0.416 e. The standard InChI is InChI=1S/C18H17NO5.C14H10F3NO2.C13H9F3N2O2.C13H11NO2.C12H13NO5/c1-23-15-9-7-12(11-16(15)24-2)8-10-17(20)19-14-6-4-3-5-13(14)18(21)22;15-14(16,17)9-4-3-5-10(8-9)18-12-7-2-1-6-11(12)13(19)20;14-13(15,16)8-3-1-4-9(7-8)18-11-10(12(19)20)5-2-6-17-11;15-13(16)11-8-4-5-9-12(11)14-10-6-2-1-3-7-10;1-2-18-7-10(14)11(15)13-9-6-4-3-5-8(9)12(16)17/h3-11H,1-2H3,(H,19,20)(H,21,22);1-8,18H,(H,19,20);1-7H,(H,17,18)(H,19,20);1-9,14H,(H,15,16);3-6H,2,7H2,1H3,(H,13,15)(H,16,17)/b10-8+;;;;. The van der Waals surface area contributed by atoms with E-state index in [1.165, 1.54) is 98.2 Å². The Morgan fingerprint density at radius 2 is 0.847 bits per heavy atom. The number of alkyl halides is 6. The second kappa shape index (κ2) is 37.1. The minimum absolute atomic E-state index is 0.00934. The zero-order valence-corrected chi connectivity index (χ0v) is 51.7. The van der Waals surface area contributed by atoms with Gasteiger partial charge in [-0.3, -0.25) is 14.4 Å². The number of halogens is 6.